The lowest BCUT2D eigenvalue weighted by atomic mass is 9.99. The SMILES string of the molecule is CC1CCCN(c2ccc(C(=O)N3CCNC[C@H]3C)cc2[N+](=O)[O-])C1. The topological polar surface area (TPSA) is 78.7 Å². The Balaban J connectivity index is 1.88. The molecule has 3 rings (SSSR count). The van der Waals surface area contributed by atoms with Crippen LogP contribution in [0.1, 0.15) is 37.0 Å². The zero-order chi connectivity index (χ0) is 18.0. The van der Waals surface area contributed by atoms with Crippen molar-refractivity contribution in [3.8, 4) is 0 Å². The van der Waals surface area contributed by atoms with E-state index in [0.717, 1.165) is 39.0 Å². The van der Waals surface area contributed by atoms with Crippen LogP contribution in [0.15, 0.2) is 18.2 Å². The van der Waals surface area contributed by atoms with Crippen molar-refractivity contribution in [2.45, 2.75) is 32.7 Å². The van der Waals surface area contributed by atoms with Gasteiger partial charge in [0.25, 0.3) is 11.6 Å². The first kappa shape index (κ1) is 17.7. The van der Waals surface area contributed by atoms with Gasteiger partial charge in [-0.1, -0.05) is 6.92 Å². The van der Waals surface area contributed by atoms with Crippen molar-refractivity contribution in [2.75, 3.05) is 37.6 Å². The summed E-state index contributed by atoms with van der Waals surface area (Å²) in [5.41, 5.74) is 1.05. The predicted octanol–water partition coefficient (Wildman–Crippen LogP) is 2.27. The van der Waals surface area contributed by atoms with Crippen LogP contribution >= 0.6 is 0 Å². The standard InChI is InChI=1S/C18H26N4O3/c1-13-4-3-8-20(12-13)16-6-5-15(10-17(16)22(24)25)18(23)21-9-7-19-11-14(21)2/h5-6,10,13-14,19H,3-4,7-9,11-12H2,1-2H3/t13?,14-/m1/s1. The summed E-state index contributed by atoms with van der Waals surface area (Å²) < 4.78 is 0. The van der Waals surface area contributed by atoms with Gasteiger partial charge in [-0.15, -0.1) is 0 Å². The Kier molecular flexibility index (Phi) is 5.22. The molecule has 1 aromatic carbocycles. The van der Waals surface area contributed by atoms with Crippen LogP contribution in [0.5, 0.6) is 0 Å². The largest absolute Gasteiger partial charge is 0.366 e. The molecule has 0 aliphatic carbocycles. The van der Waals surface area contributed by atoms with Gasteiger partial charge in [0.05, 0.1) is 4.92 Å². The van der Waals surface area contributed by atoms with E-state index in [1.807, 2.05) is 6.92 Å². The smallest absolute Gasteiger partial charge is 0.293 e. The molecule has 0 saturated carbocycles. The number of nitrogens with zero attached hydrogens (tertiary/aromatic N) is 3. The van der Waals surface area contributed by atoms with Crippen molar-refractivity contribution in [3.05, 3.63) is 33.9 Å². The molecule has 1 unspecified atom stereocenters. The molecule has 0 spiro atoms. The highest BCUT2D eigenvalue weighted by Crippen LogP contribution is 2.32. The Morgan fingerprint density at radius 1 is 1.32 bits per heavy atom. The molecule has 1 aromatic rings. The van der Waals surface area contributed by atoms with E-state index < -0.39 is 0 Å². The maximum absolute atomic E-state index is 12.8. The monoisotopic (exact) mass is 346 g/mol. The molecule has 25 heavy (non-hydrogen) atoms. The van der Waals surface area contributed by atoms with Crippen molar-refractivity contribution in [1.29, 1.82) is 0 Å². The molecule has 2 aliphatic heterocycles. The summed E-state index contributed by atoms with van der Waals surface area (Å²) in [6.07, 6.45) is 2.19. The fraction of sp³-hybridized carbons (Fsp3) is 0.611. The predicted molar refractivity (Wildman–Crippen MR) is 97.1 cm³/mol. The van der Waals surface area contributed by atoms with E-state index >= 15 is 0 Å². The number of piperidine rings is 1. The second-order valence-corrected chi connectivity index (χ2v) is 7.21. The maximum atomic E-state index is 12.8. The molecule has 0 bridgehead atoms. The summed E-state index contributed by atoms with van der Waals surface area (Å²) in [4.78, 5) is 27.9. The first-order chi connectivity index (χ1) is 12.0. The lowest BCUT2D eigenvalue weighted by molar-refractivity contribution is -0.384. The number of nitrogens with one attached hydrogen (secondary N) is 1. The molecule has 2 fully saturated rings. The van der Waals surface area contributed by atoms with Gasteiger partial charge < -0.3 is 15.1 Å². The van der Waals surface area contributed by atoms with E-state index in [-0.39, 0.29) is 22.6 Å². The van der Waals surface area contributed by atoms with Crippen molar-refractivity contribution in [3.63, 3.8) is 0 Å². The Morgan fingerprint density at radius 2 is 2.12 bits per heavy atom. The number of anilines is 1. The van der Waals surface area contributed by atoms with Gasteiger partial charge in [-0.3, -0.25) is 14.9 Å². The Labute approximate surface area is 148 Å². The Morgan fingerprint density at radius 3 is 2.80 bits per heavy atom. The third kappa shape index (κ3) is 3.76. The number of rotatable bonds is 3. The van der Waals surface area contributed by atoms with Gasteiger partial charge in [-0.25, -0.2) is 0 Å². The molecule has 2 heterocycles. The van der Waals surface area contributed by atoms with Gasteiger partial charge >= 0.3 is 0 Å². The highest BCUT2D eigenvalue weighted by atomic mass is 16.6. The minimum absolute atomic E-state index is 0.0303. The minimum Gasteiger partial charge on any atom is -0.366 e. The van der Waals surface area contributed by atoms with E-state index in [1.54, 1.807) is 17.0 Å². The Hall–Kier alpha value is -2.15. The normalized spacial score (nSPS) is 24.2. The summed E-state index contributed by atoms with van der Waals surface area (Å²) in [5.74, 6) is 0.395. The van der Waals surface area contributed by atoms with E-state index in [0.29, 0.717) is 23.7 Å². The van der Waals surface area contributed by atoms with Crippen molar-refractivity contribution < 1.29 is 9.72 Å². The van der Waals surface area contributed by atoms with Gasteiger partial charge in [0.2, 0.25) is 0 Å². The van der Waals surface area contributed by atoms with Gasteiger partial charge in [0.1, 0.15) is 5.69 Å². The number of nitro benzene ring substituents is 1. The highest BCUT2D eigenvalue weighted by Gasteiger charge is 2.28. The second-order valence-electron chi connectivity index (χ2n) is 7.21. The zero-order valence-corrected chi connectivity index (χ0v) is 14.9. The van der Waals surface area contributed by atoms with Crippen LogP contribution in [0.4, 0.5) is 11.4 Å². The average Bonchev–Trinajstić information content (AvgIpc) is 2.61. The average molecular weight is 346 g/mol. The second kappa shape index (κ2) is 7.39. The molecular formula is C18H26N4O3. The van der Waals surface area contributed by atoms with Crippen LogP contribution in [0, 0.1) is 16.0 Å². The molecule has 1 N–H and O–H groups in total. The van der Waals surface area contributed by atoms with Crippen LogP contribution in [0.25, 0.3) is 0 Å². The lowest BCUT2D eigenvalue weighted by Crippen LogP contribution is -2.52. The van der Waals surface area contributed by atoms with Crippen LogP contribution in [-0.2, 0) is 0 Å². The van der Waals surface area contributed by atoms with E-state index in [1.165, 1.54) is 6.07 Å². The van der Waals surface area contributed by atoms with Gasteiger partial charge in [-0.05, 0) is 37.8 Å². The highest BCUT2D eigenvalue weighted by molar-refractivity contribution is 5.96. The molecule has 2 aliphatic rings. The van der Waals surface area contributed by atoms with Crippen LogP contribution in [0.2, 0.25) is 0 Å². The number of hydrogen-bond acceptors (Lipinski definition) is 5. The lowest BCUT2D eigenvalue weighted by Gasteiger charge is -2.34. The fourth-order valence-electron chi connectivity index (χ4n) is 3.79. The number of hydrogen-bond donors (Lipinski definition) is 1. The van der Waals surface area contributed by atoms with Gasteiger partial charge in [-0.2, -0.15) is 0 Å². The number of carbonyl (C=O) groups excluding carboxylic acids is 1. The summed E-state index contributed by atoms with van der Waals surface area (Å²) in [6, 6.07) is 5.02. The van der Waals surface area contributed by atoms with E-state index in [9.17, 15) is 14.9 Å². The Bertz CT molecular complexity index is 664. The van der Waals surface area contributed by atoms with E-state index in [4.69, 9.17) is 0 Å². The molecule has 7 heteroatoms. The molecule has 7 nitrogen and oxygen atoms in total. The quantitative estimate of drug-likeness (QED) is 0.671. The molecule has 1 amide bonds. The molecule has 2 atom stereocenters. The maximum Gasteiger partial charge on any atom is 0.293 e. The van der Waals surface area contributed by atoms with E-state index in [2.05, 4.69) is 17.1 Å². The number of benzene rings is 1. The van der Waals surface area contributed by atoms with Crippen LogP contribution in [0.3, 0.4) is 0 Å². The summed E-state index contributed by atoms with van der Waals surface area (Å²) in [6.45, 7) is 7.93. The van der Waals surface area contributed by atoms with Crippen molar-refractivity contribution in [1.82, 2.24) is 10.2 Å². The molecule has 0 aromatic heterocycles. The third-order valence-corrected chi connectivity index (χ3v) is 5.18. The number of nitro groups is 1. The van der Waals surface area contributed by atoms with Crippen LogP contribution in [-0.4, -0.2) is 54.5 Å². The molecular weight excluding hydrogens is 320 g/mol. The summed E-state index contributed by atoms with van der Waals surface area (Å²) in [5, 5.41) is 14.9. The number of piperazine rings is 1. The summed E-state index contributed by atoms with van der Waals surface area (Å²) >= 11 is 0. The zero-order valence-electron chi connectivity index (χ0n) is 14.9. The number of carbonyl (C=O) groups is 1. The van der Waals surface area contributed by atoms with Gasteiger partial charge in [0, 0.05) is 50.4 Å². The molecule has 2 saturated heterocycles. The fourth-order valence-corrected chi connectivity index (χ4v) is 3.79. The molecule has 136 valence electrons. The van der Waals surface area contributed by atoms with Gasteiger partial charge in [0.15, 0.2) is 0 Å². The molecule has 0 radical (unpaired) electrons. The minimum atomic E-state index is -0.368. The number of amides is 1. The third-order valence-electron chi connectivity index (χ3n) is 5.18. The van der Waals surface area contributed by atoms with Crippen LogP contribution < -0.4 is 10.2 Å². The van der Waals surface area contributed by atoms with Crippen molar-refractivity contribution in [2.24, 2.45) is 5.92 Å². The summed E-state index contributed by atoms with van der Waals surface area (Å²) in [7, 11) is 0. The first-order valence-electron chi connectivity index (χ1n) is 9.02. The first-order valence-corrected chi connectivity index (χ1v) is 9.02. The van der Waals surface area contributed by atoms with Crippen molar-refractivity contribution >= 4 is 17.3 Å².